The Labute approximate surface area is 681 Å². The molecule has 0 aliphatic carbocycles. The third-order valence-corrected chi connectivity index (χ3v) is 26.6. The molecule has 0 saturated carbocycles. The lowest BCUT2D eigenvalue weighted by molar-refractivity contribution is 0.590. The molecule has 552 valence electrons. The Morgan fingerprint density at radius 2 is 0.704 bits per heavy atom. The molecule has 18 aromatic carbocycles. The highest BCUT2D eigenvalue weighted by molar-refractivity contribution is 7.33. The van der Waals surface area contributed by atoms with Crippen LogP contribution in [0, 0.1) is 0 Å². The number of thiophene rings is 1. The molecule has 0 N–H and O–H groups in total. The Kier molecular flexibility index (Phi) is 14.3. The lowest BCUT2D eigenvalue weighted by Crippen LogP contribution is -2.60. The largest absolute Gasteiger partial charge is 0.310 e. The second-order valence-electron chi connectivity index (χ2n) is 36.5. The molecule has 5 heteroatoms. The number of hydrogen-bond donors (Lipinski definition) is 0. The Balaban J connectivity index is 0.981. The first kappa shape index (κ1) is 66.0. The molecule has 0 spiro atoms. The van der Waals surface area contributed by atoms with E-state index in [2.05, 4.69) is 395 Å². The van der Waals surface area contributed by atoms with Crippen LogP contribution >= 0.6 is 11.3 Å². The van der Waals surface area contributed by atoms with Crippen LogP contribution < -0.4 is 25.5 Å². The van der Waals surface area contributed by atoms with Crippen LogP contribution in [0.5, 0.6) is 0 Å². The molecule has 0 saturated heterocycles. The molecule has 2 aliphatic heterocycles. The van der Waals surface area contributed by atoms with Crippen LogP contribution in [0.15, 0.2) is 315 Å². The van der Waals surface area contributed by atoms with Gasteiger partial charge >= 0.3 is 0 Å². The molecule has 0 radical (unpaired) electrons. The normalized spacial score (nSPS) is 13.7. The highest BCUT2D eigenvalue weighted by Gasteiger charge is 2.49. The van der Waals surface area contributed by atoms with Gasteiger partial charge in [-0.2, -0.15) is 0 Å². The SMILES string of the molecule is [2H]c1c([2H])c(-n2c3ccccc3c3cc4ccc5cccc6ccc(c4c56)c32)c([2H])c2c1B1c3sc4cc(C(C)(C)C)ccc4c3N(c3c(-c4cccc5ccccc45)cc(C(C)(C)C)cc3-c3cccc4ccccc34)c3cc(C(C)(C)C)cc(c31)N2c1c(-c2cccc3ccccc23)cc(C(C)(C)C)cc1-c1cccc2ccccc12. The van der Waals surface area contributed by atoms with Crippen LogP contribution in [0.25, 0.3) is 157 Å². The van der Waals surface area contributed by atoms with Gasteiger partial charge in [0.2, 0.25) is 0 Å². The quantitative estimate of drug-likeness (QED) is 0.116. The molecule has 20 aromatic rings. The van der Waals surface area contributed by atoms with Crippen LogP contribution in [0.4, 0.5) is 34.1 Å². The smallest absolute Gasteiger partial charge is 0.264 e. The number of aromatic nitrogens is 1. The van der Waals surface area contributed by atoms with Gasteiger partial charge in [-0.1, -0.05) is 332 Å². The standard InChI is InChI=1S/C110H88BN3S/c1-107(2,3)72-51-54-86-98(63-72)115-106-105(86)114(104-91(83-45-26-34-67-30-15-19-40-79(67)83)59-74(109(7,8)9)60-92(104)84-46-27-35-68-31-16-20-41-80(68)84)97-62-75(110(10,11)12)61-96-101(97)111(106)93-55-52-76(112-94-47-22-21-42-85(94)88-56-71-49-48-69-36-23-37-70-50-53-87(102(88)112)100(71)99(69)70)64-95(93)113(96)103-89(81-43-24-32-65-28-13-17-38-77(65)81)57-73(108(4,5)6)58-90(103)82-44-25-33-66-29-14-18-39-78(66)82/h13-64H,1-12H3/i52D,55D,64D. The van der Waals surface area contributed by atoms with Crippen LogP contribution in [0.3, 0.4) is 0 Å². The molecule has 22 rings (SSSR count). The zero-order valence-electron chi connectivity index (χ0n) is 70.1. The van der Waals surface area contributed by atoms with Crippen LogP contribution in [0.2, 0.25) is 0 Å². The van der Waals surface area contributed by atoms with Gasteiger partial charge in [0.1, 0.15) is 0 Å². The van der Waals surface area contributed by atoms with E-state index in [1.165, 1.54) is 16.5 Å². The number of nitrogens with zero attached hydrogens (tertiary/aromatic N) is 3. The van der Waals surface area contributed by atoms with Gasteiger partial charge in [-0.05, 0) is 214 Å². The molecule has 115 heavy (non-hydrogen) atoms. The van der Waals surface area contributed by atoms with Gasteiger partial charge in [-0.3, -0.25) is 0 Å². The second kappa shape index (κ2) is 25.0. The molecule has 2 aliphatic rings. The molecular weight excluding hydrogens is 1410 g/mol. The lowest BCUT2D eigenvalue weighted by Gasteiger charge is -2.46. The van der Waals surface area contributed by atoms with Crippen molar-refractivity contribution in [2.45, 2.75) is 105 Å². The Morgan fingerprint density at radius 1 is 0.296 bits per heavy atom. The van der Waals surface area contributed by atoms with Crippen LogP contribution in [-0.4, -0.2) is 11.3 Å². The summed E-state index contributed by atoms with van der Waals surface area (Å²) in [5, 5.41) is 19.0. The van der Waals surface area contributed by atoms with Crippen molar-refractivity contribution in [3.8, 4) is 50.2 Å². The third kappa shape index (κ3) is 10.5. The maximum Gasteiger partial charge on any atom is 0.264 e. The number of anilines is 6. The van der Waals surface area contributed by atoms with E-state index in [4.69, 9.17) is 0 Å². The number of rotatable bonds is 7. The average Bonchev–Trinajstić information content (AvgIpc) is 1.49. The predicted octanol–water partition coefficient (Wildman–Crippen LogP) is 29.4. The van der Waals surface area contributed by atoms with E-state index < -0.39 is 12.1 Å². The van der Waals surface area contributed by atoms with Gasteiger partial charge in [0.15, 0.2) is 0 Å². The van der Waals surface area contributed by atoms with E-state index in [0.717, 1.165) is 196 Å². The van der Waals surface area contributed by atoms with Gasteiger partial charge in [0.05, 0.1) is 32.2 Å². The minimum absolute atomic E-state index is 0.00523. The van der Waals surface area contributed by atoms with E-state index in [-0.39, 0.29) is 34.4 Å². The molecule has 0 amide bonds. The molecule has 0 bridgehead atoms. The van der Waals surface area contributed by atoms with Gasteiger partial charge in [-0.25, -0.2) is 0 Å². The molecule has 0 unspecified atom stereocenters. The van der Waals surface area contributed by atoms with Crippen molar-refractivity contribution < 1.29 is 4.11 Å². The number of fused-ring (bicyclic) bond motifs is 14. The van der Waals surface area contributed by atoms with E-state index in [9.17, 15) is 4.11 Å². The van der Waals surface area contributed by atoms with Crippen molar-refractivity contribution in [1.29, 1.82) is 0 Å². The highest BCUT2D eigenvalue weighted by Crippen LogP contribution is 2.59. The molecule has 2 aromatic heterocycles. The van der Waals surface area contributed by atoms with Crippen molar-refractivity contribution in [2.75, 3.05) is 9.80 Å². The first-order chi connectivity index (χ1) is 56.8. The summed E-state index contributed by atoms with van der Waals surface area (Å²) in [5.74, 6) is 0. The van der Waals surface area contributed by atoms with Crippen LogP contribution in [-0.2, 0) is 21.7 Å². The first-order valence-corrected chi connectivity index (χ1v) is 41.6. The molecule has 0 atom stereocenters. The fourth-order valence-electron chi connectivity index (χ4n) is 19.5. The number of hydrogen-bond acceptors (Lipinski definition) is 3. The van der Waals surface area contributed by atoms with Crippen molar-refractivity contribution in [3.63, 3.8) is 0 Å². The minimum Gasteiger partial charge on any atom is -0.310 e. The van der Waals surface area contributed by atoms with E-state index >= 15 is 0 Å². The lowest BCUT2D eigenvalue weighted by atomic mass is 9.36. The average molecular weight is 1500 g/mol. The molecular formula is C110H88BN3S. The maximum atomic E-state index is 12.3. The molecule has 4 heterocycles. The van der Waals surface area contributed by atoms with Gasteiger partial charge in [0.25, 0.3) is 6.71 Å². The predicted molar refractivity (Wildman–Crippen MR) is 500 cm³/mol. The Morgan fingerprint density at radius 3 is 1.21 bits per heavy atom. The van der Waals surface area contributed by atoms with Crippen molar-refractivity contribution in [3.05, 3.63) is 338 Å². The van der Waals surface area contributed by atoms with Crippen molar-refractivity contribution in [2.24, 2.45) is 0 Å². The van der Waals surface area contributed by atoms with Crippen molar-refractivity contribution in [1.82, 2.24) is 4.57 Å². The summed E-state index contributed by atoms with van der Waals surface area (Å²) in [6.45, 7) is 27.4. The van der Waals surface area contributed by atoms with E-state index in [0.29, 0.717) is 16.8 Å². The van der Waals surface area contributed by atoms with E-state index in [1.54, 1.807) is 0 Å². The number of para-hydroxylation sites is 1. The fraction of sp³-hybridized carbons (Fsp3) is 0.145. The van der Waals surface area contributed by atoms with Crippen LogP contribution in [0.1, 0.15) is 109 Å². The highest BCUT2D eigenvalue weighted by atomic mass is 32.1. The van der Waals surface area contributed by atoms with Gasteiger partial charge in [0, 0.05) is 76.0 Å². The third-order valence-electron chi connectivity index (χ3n) is 25.4. The monoisotopic (exact) mass is 1500 g/mol. The summed E-state index contributed by atoms with van der Waals surface area (Å²) < 4.78 is 40.2. The summed E-state index contributed by atoms with van der Waals surface area (Å²) >= 11 is 1.82. The summed E-state index contributed by atoms with van der Waals surface area (Å²) in [6, 6.07) is 112. The zero-order valence-corrected chi connectivity index (χ0v) is 67.9. The maximum absolute atomic E-state index is 12.3. The van der Waals surface area contributed by atoms with Gasteiger partial charge in [-0.15, -0.1) is 11.3 Å². The zero-order chi connectivity index (χ0) is 80.6. The fourth-order valence-corrected chi connectivity index (χ4v) is 20.8. The Bertz CT molecular complexity index is 7500. The molecule has 3 nitrogen and oxygen atoms in total. The van der Waals surface area contributed by atoms with E-state index in [1.807, 2.05) is 11.3 Å². The minimum atomic E-state index is -0.690. The first-order valence-electron chi connectivity index (χ1n) is 42.2. The molecule has 0 fully saturated rings. The summed E-state index contributed by atoms with van der Waals surface area (Å²) in [4.78, 5) is 5.21. The van der Waals surface area contributed by atoms with Crippen molar-refractivity contribution >= 4 is 175 Å². The summed E-state index contributed by atoms with van der Waals surface area (Å²) in [6.07, 6.45) is 0. The summed E-state index contributed by atoms with van der Waals surface area (Å²) in [7, 11) is 0. The number of benzene rings is 18. The Hall–Kier alpha value is -12.5. The topological polar surface area (TPSA) is 11.4 Å². The second-order valence-corrected chi connectivity index (χ2v) is 37.6. The van der Waals surface area contributed by atoms with Gasteiger partial charge < -0.3 is 14.4 Å². The summed E-state index contributed by atoms with van der Waals surface area (Å²) in [5.41, 5.74) is 21.1.